The Bertz CT molecular complexity index is 658. The largest absolute Gasteiger partial charge is 0.508 e. The number of carbonyl (C=O) groups excluding carboxylic acids is 1. The van der Waals surface area contributed by atoms with Gasteiger partial charge in [-0.05, 0) is 49.2 Å². The maximum atomic E-state index is 12.9. The van der Waals surface area contributed by atoms with E-state index >= 15 is 0 Å². The third-order valence-electron chi connectivity index (χ3n) is 3.78. The zero-order valence-corrected chi connectivity index (χ0v) is 13.3. The number of aromatic hydroxyl groups is 1. The molecule has 0 saturated heterocycles. The SMILES string of the molecule is CCN(C(=O)NCc1ccc(F)cc1)C(C)c1cccc(O)c1. The highest BCUT2D eigenvalue weighted by molar-refractivity contribution is 5.74. The van der Waals surface area contributed by atoms with Crippen LogP contribution in [-0.4, -0.2) is 22.6 Å². The van der Waals surface area contributed by atoms with Crippen LogP contribution in [0.4, 0.5) is 9.18 Å². The van der Waals surface area contributed by atoms with Gasteiger partial charge in [0.15, 0.2) is 0 Å². The van der Waals surface area contributed by atoms with Gasteiger partial charge in [-0.15, -0.1) is 0 Å². The second-order valence-corrected chi connectivity index (χ2v) is 5.34. The molecule has 1 unspecified atom stereocenters. The number of nitrogens with one attached hydrogen (secondary N) is 1. The van der Waals surface area contributed by atoms with Crippen LogP contribution in [0.2, 0.25) is 0 Å². The summed E-state index contributed by atoms with van der Waals surface area (Å²) < 4.78 is 12.9. The number of benzene rings is 2. The van der Waals surface area contributed by atoms with E-state index in [1.54, 1.807) is 35.2 Å². The Hall–Kier alpha value is -2.56. The Morgan fingerprint density at radius 2 is 1.96 bits per heavy atom. The Morgan fingerprint density at radius 1 is 1.26 bits per heavy atom. The molecule has 5 heteroatoms. The molecule has 23 heavy (non-hydrogen) atoms. The number of hydrogen-bond acceptors (Lipinski definition) is 2. The average molecular weight is 316 g/mol. The molecule has 4 nitrogen and oxygen atoms in total. The van der Waals surface area contributed by atoms with Crippen LogP contribution in [0.15, 0.2) is 48.5 Å². The molecular formula is C18H21FN2O2. The third-order valence-corrected chi connectivity index (χ3v) is 3.78. The van der Waals surface area contributed by atoms with Crippen LogP contribution in [0.3, 0.4) is 0 Å². The molecule has 0 bridgehead atoms. The summed E-state index contributed by atoms with van der Waals surface area (Å²) in [6.07, 6.45) is 0. The number of nitrogens with zero attached hydrogens (tertiary/aromatic N) is 1. The molecule has 122 valence electrons. The van der Waals surface area contributed by atoms with E-state index in [1.807, 2.05) is 19.9 Å². The second-order valence-electron chi connectivity index (χ2n) is 5.34. The lowest BCUT2D eigenvalue weighted by Crippen LogP contribution is -2.41. The Balaban J connectivity index is 2.01. The van der Waals surface area contributed by atoms with Crippen molar-refractivity contribution in [1.29, 1.82) is 0 Å². The van der Waals surface area contributed by atoms with Gasteiger partial charge in [-0.3, -0.25) is 0 Å². The molecule has 1 atom stereocenters. The van der Waals surface area contributed by atoms with Crippen LogP contribution in [0.25, 0.3) is 0 Å². The highest BCUT2D eigenvalue weighted by atomic mass is 19.1. The van der Waals surface area contributed by atoms with Gasteiger partial charge >= 0.3 is 6.03 Å². The predicted octanol–water partition coefficient (Wildman–Crippen LogP) is 3.82. The highest BCUT2D eigenvalue weighted by Gasteiger charge is 2.19. The second kappa shape index (κ2) is 7.63. The maximum Gasteiger partial charge on any atom is 0.318 e. The molecule has 0 spiro atoms. The highest BCUT2D eigenvalue weighted by Crippen LogP contribution is 2.23. The standard InChI is InChI=1S/C18H21FN2O2/c1-3-21(13(2)15-5-4-6-17(22)11-15)18(23)20-12-14-7-9-16(19)10-8-14/h4-11,13,22H,3,12H2,1-2H3,(H,20,23). The van der Waals surface area contributed by atoms with E-state index in [9.17, 15) is 14.3 Å². The first-order valence-corrected chi connectivity index (χ1v) is 7.59. The summed E-state index contributed by atoms with van der Waals surface area (Å²) in [6, 6.07) is 12.5. The van der Waals surface area contributed by atoms with Gasteiger partial charge < -0.3 is 15.3 Å². The Labute approximate surface area is 135 Å². The van der Waals surface area contributed by atoms with E-state index in [1.165, 1.54) is 12.1 Å². The van der Waals surface area contributed by atoms with Crippen LogP contribution in [0.1, 0.15) is 31.0 Å². The smallest absolute Gasteiger partial charge is 0.318 e. The molecule has 0 aliphatic heterocycles. The first-order valence-electron chi connectivity index (χ1n) is 7.59. The van der Waals surface area contributed by atoms with E-state index in [4.69, 9.17) is 0 Å². The van der Waals surface area contributed by atoms with Crippen molar-refractivity contribution >= 4 is 6.03 Å². The van der Waals surface area contributed by atoms with E-state index in [0.717, 1.165) is 11.1 Å². The average Bonchev–Trinajstić information content (AvgIpc) is 2.55. The minimum absolute atomic E-state index is 0.166. The number of rotatable bonds is 5. The van der Waals surface area contributed by atoms with Gasteiger partial charge in [-0.2, -0.15) is 0 Å². The fraction of sp³-hybridized carbons (Fsp3) is 0.278. The molecular weight excluding hydrogens is 295 g/mol. The lowest BCUT2D eigenvalue weighted by Gasteiger charge is -2.28. The van der Waals surface area contributed by atoms with Crippen molar-refractivity contribution in [3.05, 3.63) is 65.5 Å². The number of amides is 2. The molecule has 2 N–H and O–H groups in total. The molecule has 0 saturated carbocycles. The summed E-state index contributed by atoms with van der Waals surface area (Å²) in [6.45, 7) is 4.68. The Morgan fingerprint density at radius 3 is 2.57 bits per heavy atom. The molecule has 0 fully saturated rings. The summed E-state index contributed by atoms with van der Waals surface area (Å²) in [5, 5.41) is 12.4. The van der Waals surface area contributed by atoms with Gasteiger partial charge in [0.05, 0.1) is 6.04 Å². The number of halogens is 1. The topological polar surface area (TPSA) is 52.6 Å². The molecule has 2 rings (SSSR count). The zero-order chi connectivity index (χ0) is 16.8. The summed E-state index contributed by atoms with van der Waals surface area (Å²) >= 11 is 0. The summed E-state index contributed by atoms with van der Waals surface area (Å²) in [5.41, 5.74) is 1.70. The molecule has 0 aromatic heterocycles. The molecule has 2 amide bonds. The van der Waals surface area contributed by atoms with Crippen LogP contribution in [-0.2, 0) is 6.54 Å². The van der Waals surface area contributed by atoms with E-state index in [2.05, 4.69) is 5.32 Å². The van der Waals surface area contributed by atoms with Crippen molar-refractivity contribution in [2.24, 2.45) is 0 Å². The summed E-state index contributed by atoms with van der Waals surface area (Å²) in [4.78, 5) is 14.1. The van der Waals surface area contributed by atoms with Gasteiger partial charge in [-0.1, -0.05) is 24.3 Å². The fourth-order valence-corrected chi connectivity index (χ4v) is 2.44. The number of hydrogen-bond donors (Lipinski definition) is 2. The van der Waals surface area contributed by atoms with Gasteiger partial charge in [0.2, 0.25) is 0 Å². The first kappa shape index (κ1) is 16.8. The van der Waals surface area contributed by atoms with Gasteiger partial charge in [0.25, 0.3) is 0 Å². The third kappa shape index (κ3) is 4.45. The van der Waals surface area contributed by atoms with Crippen molar-refractivity contribution in [2.75, 3.05) is 6.54 Å². The normalized spacial score (nSPS) is 11.8. The quantitative estimate of drug-likeness (QED) is 0.881. The predicted molar refractivity (Wildman–Crippen MR) is 87.5 cm³/mol. The molecule has 0 heterocycles. The van der Waals surface area contributed by atoms with Crippen molar-refractivity contribution in [3.63, 3.8) is 0 Å². The lowest BCUT2D eigenvalue weighted by atomic mass is 10.1. The number of urea groups is 1. The zero-order valence-electron chi connectivity index (χ0n) is 13.3. The molecule has 0 radical (unpaired) electrons. The monoisotopic (exact) mass is 316 g/mol. The molecule has 0 aliphatic carbocycles. The van der Waals surface area contributed by atoms with E-state index in [0.29, 0.717) is 13.1 Å². The fourth-order valence-electron chi connectivity index (χ4n) is 2.44. The molecule has 0 aliphatic rings. The van der Waals surface area contributed by atoms with Crippen molar-refractivity contribution < 1.29 is 14.3 Å². The first-order chi connectivity index (χ1) is 11.0. The number of phenols is 1. The minimum atomic E-state index is -0.298. The molecule has 2 aromatic carbocycles. The van der Waals surface area contributed by atoms with Crippen LogP contribution in [0, 0.1) is 5.82 Å². The summed E-state index contributed by atoms with van der Waals surface area (Å²) in [7, 11) is 0. The van der Waals surface area contributed by atoms with Crippen LogP contribution < -0.4 is 5.32 Å². The number of carbonyl (C=O) groups is 1. The lowest BCUT2D eigenvalue weighted by molar-refractivity contribution is 0.182. The van der Waals surface area contributed by atoms with Crippen LogP contribution >= 0.6 is 0 Å². The van der Waals surface area contributed by atoms with Gasteiger partial charge in [0, 0.05) is 13.1 Å². The van der Waals surface area contributed by atoms with Gasteiger partial charge in [-0.25, -0.2) is 9.18 Å². The minimum Gasteiger partial charge on any atom is -0.508 e. The Kier molecular flexibility index (Phi) is 5.57. The van der Waals surface area contributed by atoms with E-state index in [-0.39, 0.29) is 23.6 Å². The van der Waals surface area contributed by atoms with Crippen molar-refractivity contribution in [2.45, 2.75) is 26.4 Å². The van der Waals surface area contributed by atoms with Crippen LogP contribution in [0.5, 0.6) is 5.75 Å². The van der Waals surface area contributed by atoms with Gasteiger partial charge in [0.1, 0.15) is 11.6 Å². The molecule has 2 aromatic rings. The van der Waals surface area contributed by atoms with E-state index < -0.39 is 0 Å². The number of phenolic OH excluding ortho intramolecular Hbond substituents is 1. The van der Waals surface area contributed by atoms with Crippen molar-refractivity contribution in [3.8, 4) is 5.75 Å². The van der Waals surface area contributed by atoms with Crippen molar-refractivity contribution in [1.82, 2.24) is 10.2 Å². The maximum absolute atomic E-state index is 12.9. The summed E-state index contributed by atoms with van der Waals surface area (Å²) in [5.74, 6) is -0.120.